The van der Waals surface area contributed by atoms with Gasteiger partial charge < -0.3 is 15.2 Å². The molecule has 3 heterocycles. The standard InChI is InChI=1S/C16H18N6O/c17-9-13-4-1-5-15(20-13)21-7-2-3-12(10-21)16-19-6-8-22(16)11-14(18)23/h1,4-6,8,12H,2-3,7,10-11H2,(H2,18,23). The van der Waals surface area contributed by atoms with Gasteiger partial charge in [0.25, 0.3) is 0 Å². The predicted molar refractivity (Wildman–Crippen MR) is 84.6 cm³/mol. The van der Waals surface area contributed by atoms with E-state index in [-0.39, 0.29) is 18.4 Å². The maximum atomic E-state index is 11.2. The summed E-state index contributed by atoms with van der Waals surface area (Å²) in [6.45, 7) is 1.81. The lowest BCUT2D eigenvalue weighted by molar-refractivity contribution is -0.118. The van der Waals surface area contributed by atoms with Crippen molar-refractivity contribution in [1.82, 2.24) is 14.5 Å². The Labute approximate surface area is 134 Å². The molecule has 0 bridgehead atoms. The molecule has 1 aliphatic heterocycles. The minimum atomic E-state index is -0.375. The van der Waals surface area contributed by atoms with Crippen LogP contribution >= 0.6 is 0 Å². The Morgan fingerprint density at radius 2 is 2.35 bits per heavy atom. The van der Waals surface area contributed by atoms with Crippen molar-refractivity contribution >= 4 is 11.7 Å². The van der Waals surface area contributed by atoms with Crippen molar-refractivity contribution in [2.75, 3.05) is 18.0 Å². The fraction of sp³-hybridized carbons (Fsp3) is 0.375. The highest BCUT2D eigenvalue weighted by molar-refractivity contribution is 5.73. The Balaban J connectivity index is 1.80. The molecule has 1 fully saturated rings. The zero-order chi connectivity index (χ0) is 16.2. The van der Waals surface area contributed by atoms with Gasteiger partial charge in [-0.2, -0.15) is 5.26 Å². The van der Waals surface area contributed by atoms with Crippen LogP contribution in [-0.4, -0.2) is 33.5 Å². The first-order valence-corrected chi connectivity index (χ1v) is 7.59. The predicted octanol–water partition coefficient (Wildman–Crippen LogP) is 1.02. The van der Waals surface area contributed by atoms with Crippen molar-refractivity contribution in [2.24, 2.45) is 5.73 Å². The highest BCUT2D eigenvalue weighted by Crippen LogP contribution is 2.28. The molecule has 1 amide bonds. The molecule has 1 atom stereocenters. The molecule has 0 aliphatic carbocycles. The van der Waals surface area contributed by atoms with Crippen molar-refractivity contribution in [3.63, 3.8) is 0 Å². The summed E-state index contributed by atoms with van der Waals surface area (Å²) in [4.78, 5) is 22.1. The maximum absolute atomic E-state index is 11.2. The van der Waals surface area contributed by atoms with Gasteiger partial charge in [-0.25, -0.2) is 9.97 Å². The summed E-state index contributed by atoms with van der Waals surface area (Å²) >= 11 is 0. The third-order valence-electron chi connectivity index (χ3n) is 4.03. The van der Waals surface area contributed by atoms with Crippen LogP contribution in [0.3, 0.4) is 0 Å². The summed E-state index contributed by atoms with van der Waals surface area (Å²) in [6.07, 6.45) is 5.50. The Bertz CT molecular complexity index is 747. The fourth-order valence-corrected chi connectivity index (χ4v) is 3.04. The van der Waals surface area contributed by atoms with Crippen LogP contribution in [0.15, 0.2) is 30.6 Å². The number of piperidine rings is 1. The van der Waals surface area contributed by atoms with Crippen LogP contribution in [0.25, 0.3) is 0 Å². The summed E-state index contributed by atoms with van der Waals surface area (Å²) in [6, 6.07) is 7.53. The van der Waals surface area contributed by atoms with Crippen molar-refractivity contribution < 1.29 is 4.79 Å². The van der Waals surface area contributed by atoms with Gasteiger partial charge in [0.1, 0.15) is 30.0 Å². The van der Waals surface area contributed by atoms with Crippen LogP contribution in [0, 0.1) is 11.3 Å². The number of carbonyl (C=O) groups excluding carboxylic acids is 1. The molecule has 0 radical (unpaired) electrons. The van der Waals surface area contributed by atoms with E-state index in [1.165, 1.54) is 0 Å². The number of hydrogen-bond donors (Lipinski definition) is 1. The molecular formula is C16H18N6O. The maximum Gasteiger partial charge on any atom is 0.237 e. The second-order valence-corrected chi connectivity index (χ2v) is 5.66. The van der Waals surface area contributed by atoms with Gasteiger partial charge in [-0.1, -0.05) is 6.07 Å². The molecule has 0 aromatic carbocycles. The van der Waals surface area contributed by atoms with Crippen LogP contribution in [0.1, 0.15) is 30.3 Å². The number of aromatic nitrogens is 3. The van der Waals surface area contributed by atoms with Crippen LogP contribution in [0.5, 0.6) is 0 Å². The first-order valence-electron chi connectivity index (χ1n) is 7.59. The third kappa shape index (κ3) is 3.31. The van der Waals surface area contributed by atoms with Crippen molar-refractivity contribution in [2.45, 2.75) is 25.3 Å². The Hall–Kier alpha value is -2.88. The molecule has 2 aromatic heterocycles. The van der Waals surface area contributed by atoms with Crippen LogP contribution in [0.4, 0.5) is 5.82 Å². The SMILES string of the molecule is N#Cc1cccc(N2CCCC(c3nccn3CC(N)=O)C2)n1. The van der Waals surface area contributed by atoms with E-state index in [9.17, 15) is 4.79 Å². The lowest BCUT2D eigenvalue weighted by Crippen LogP contribution is -2.36. The highest BCUT2D eigenvalue weighted by atomic mass is 16.1. The average molecular weight is 310 g/mol. The second-order valence-electron chi connectivity index (χ2n) is 5.66. The molecule has 7 heteroatoms. The van der Waals surface area contributed by atoms with Gasteiger partial charge in [0, 0.05) is 31.4 Å². The van der Waals surface area contributed by atoms with Crippen molar-refractivity contribution in [1.29, 1.82) is 5.26 Å². The Morgan fingerprint density at radius 3 is 3.13 bits per heavy atom. The van der Waals surface area contributed by atoms with Gasteiger partial charge in [-0.15, -0.1) is 0 Å². The Morgan fingerprint density at radius 1 is 1.48 bits per heavy atom. The van der Waals surface area contributed by atoms with Gasteiger partial charge in [0.05, 0.1) is 0 Å². The summed E-state index contributed by atoms with van der Waals surface area (Å²) in [5, 5.41) is 8.99. The van der Waals surface area contributed by atoms with E-state index in [1.807, 2.05) is 16.7 Å². The van der Waals surface area contributed by atoms with E-state index < -0.39 is 0 Å². The minimum Gasteiger partial charge on any atom is -0.368 e. The van der Waals surface area contributed by atoms with E-state index in [0.717, 1.165) is 37.6 Å². The number of hydrogen-bond acceptors (Lipinski definition) is 5. The number of nitrogens with two attached hydrogens (primary N) is 1. The number of amides is 1. The van der Waals surface area contributed by atoms with Crippen LogP contribution in [-0.2, 0) is 11.3 Å². The monoisotopic (exact) mass is 310 g/mol. The van der Waals surface area contributed by atoms with E-state index >= 15 is 0 Å². The second kappa shape index (κ2) is 6.48. The largest absolute Gasteiger partial charge is 0.368 e. The van der Waals surface area contributed by atoms with E-state index in [4.69, 9.17) is 11.0 Å². The number of nitrogens with zero attached hydrogens (tertiary/aromatic N) is 5. The number of rotatable bonds is 4. The fourth-order valence-electron chi connectivity index (χ4n) is 3.04. The molecular weight excluding hydrogens is 292 g/mol. The number of primary amides is 1. The summed E-state index contributed by atoms with van der Waals surface area (Å²) < 4.78 is 1.82. The minimum absolute atomic E-state index is 0.147. The topological polar surface area (TPSA) is 101 Å². The smallest absolute Gasteiger partial charge is 0.237 e. The molecule has 1 saturated heterocycles. The molecule has 118 valence electrons. The quantitative estimate of drug-likeness (QED) is 0.908. The normalized spacial score (nSPS) is 17.7. The number of carbonyl (C=O) groups is 1. The van der Waals surface area contributed by atoms with Gasteiger partial charge in [0.15, 0.2) is 0 Å². The number of anilines is 1. The molecule has 0 spiro atoms. The summed E-state index contributed by atoms with van der Waals surface area (Å²) in [7, 11) is 0. The number of pyridine rings is 1. The van der Waals surface area contributed by atoms with Crippen LogP contribution < -0.4 is 10.6 Å². The van der Waals surface area contributed by atoms with Gasteiger partial charge in [0.2, 0.25) is 5.91 Å². The first kappa shape index (κ1) is 15.0. The zero-order valence-corrected chi connectivity index (χ0v) is 12.7. The Kier molecular flexibility index (Phi) is 4.24. The lowest BCUT2D eigenvalue weighted by atomic mass is 9.97. The molecule has 3 rings (SSSR count). The van der Waals surface area contributed by atoms with E-state index in [1.54, 1.807) is 18.5 Å². The lowest BCUT2D eigenvalue weighted by Gasteiger charge is -2.33. The molecule has 2 aromatic rings. The molecule has 0 saturated carbocycles. The van der Waals surface area contributed by atoms with Crippen molar-refractivity contribution in [3.05, 3.63) is 42.1 Å². The van der Waals surface area contributed by atoms with E-state index in [2.05, 4.69) is 20.9 Å². The first-order chi connectivity index (χ1) is 11.2. The van der Waals surface area contributed by atoms with Crippen LogP contribution in [0.2, 0.25) is 0 Å². The third-order valence-corrected chi connectivity index (χ3v) is 4.03. The summed E-state index contributed by atoms with van der Waals surface area (Å²) in [5.41, 5.74) is 5.71. The highest BCUT2D eigenvalue weighted by Gasteiger charge is 2.25. The molecule has 1 aliphatic rings. The zero-order valence-electron chi connectivity index (χ0n) is 12.7. The molecule has 7 nitrogen and oxygen atoms in total. The van der Waals surface area contributed by atoms with Gasteiger partial charge in [-0.3, -0.25) is 4.79 Å². The summed E-state index contributed by atoms with van der Waals surface area (Å²) in [5.74, 6) is 1.53. The molecule has 2 N–H and O–H groups in total. The van der Waals surface area contributed by atoms with Gasteiger partial charge in [-0.05, 0) is 25.0 Å². The van der Waals surface area contributed by atoms with Crippen molar-refractivity contribution in [3.8, 4) is 6.07 Å². The number of nitriles is 1. The number of imidazole rings is 1. The van der Waals surface area contributed by atoms with E-state index in [0.29, 0.717) is 5.69 Å². The van der Waals surface area contributed by atoms with Gasteiger partial charge >= 0.3 is 0 Å². The molecule has 1 unspecified atom stereocenters. The molecule has 23 heavy (non-hydrogen) atoms. The average Bonchev–Trinajstić information content (AvgIpc) is 3.02.